The molecule has 0 fully saturated rings. The summed E-state index contributed by atoms with van der Waals surface area (Å²) in [5.41, 5.74) is 4.76. The SMILES string of the molecule is Cc1cc(C)cc(NC(=O)CC(=O)Nc2ccc(C(C)C)cc2)c1. The van der Waals surface area contributed by atoms with Crippen molar-refractivity contribution >= 4 is 23.2 Å². The van der Waals surface area contributed by atoms with Crippen LogP contribution in [0.15, 0.2) is 42.5 Å². The van der Waals surface area contributed by atoms with E-state index in [1.165, 1.54) is 5.56 Å². The fraction of sp³-hybridized carbons (Fsp3) is 0.300. The summed E-state index contributed by atoms with van der Waals surface area (Å²) in [6, 6.07) is 13.5. The lowest BCUT2D eigenvalue weighted by Gasteiger charge is -2.09. The summed E-state index contributed by atoms with van der Waals surface area (Å²) in [4.78, 5) is 24.0. The van der Waals surface area contributed by atoms with Crippen molar-refractivity contribution in [2.45, 2.75) is 40.0 Å². The number of aryl methyl sites for hydroxylation is 2. The lowest BCUT2D eigenvalue weighted by atomic mass is 10.0. The fourth-order valence-corrected chi connectivity index (χ4v) is 2.55. The Bertz CT molecular complexity index is 714. The number of amides is 2. The predicted octanol–water partition coefficient (Wildman–Crippen LogP) is 4.39. The van der Waals surface area contributed by atoms with Crippen LogP contribution >= 0.6 is 0 Å². The van der Waals surface area contributed by atoms with Crippen LogP contribution in [0.5, 0.6) is 0 Å². The number of hydrogen-bond acceptors (Lipinski definition) is 2. The van der Waals surface area contributed by atoms with Crippen molar-refractivity contribution < 1.29 is 9.59 Å². The zero-order valence-electron chi connectivity index (χ0n) is 14.6. The van der Waals surface area contributed by atoms with E-state index in [-0.39, 0.29) is 18.2 Å². The summed E-state index contributed by atoms with van der Waals surface area (Å²) in [5, 5.41) is 5.51. The smallest absolute Gasteiger partial charge is 0.233 e. The van der Waals surface area contributed by atoms with Crippen LogP contribution in [0.1, 0.15) is 42.9 Å². The molecule has 0 saturated heterocycles. The maximum Gasteiger partial charge on any atom is 0.233 e. The molecule has 0 spiro atoms. The minimum absolute atomic E-state index is 0.209. The van der Waals surface area contributed by atoms with Crippen LogP contribution in [0, 0.1) is 13.8 Å². The van der Waals surface area contributed by atoms with Crippen LogP contribution in [0.3, 0.4) is 0 Å². The third kappa shape index (κ3) is 5.23. The molecule has 2 aromatic carbocycles. The summed E-state index contributed by atoms with van der Waals surface area (Å²) < 4.78 is 0. The van der Waals surface area contributed by atoms with Gasteiger partial charge < -0.3 is 10.6 Å². The second-order valence-corrected chi connectivity index (χ2v) is 6.43. The van der Waals surface area contributed by atoms with Gasteiger partial charge >= 0.3 is 0 Å². The zero-order chi connectivity index (χ0) is 17.7. The van der Waals surface area contributed by atoms with Gasteiger partial charge in [-0.25, -0.2) is 0 Å². The average Bonchev–Trinajstić information content (AvgIpc) is 2.46. The van der Waals surface area contributed by atoms with Gasteiger partial charge in [-0.2, -0.15) is 0 Å². The van der Waals surface area contributed by atoms with Gasteiger partial charge in [0.2, 0.25) is 11.8 Å². The first kappa shape index (κ1) is 17.7. The Morgan fingerprint density at radius 1 is 0.833 bits per heavy atom. The van der Waals surface area contributed by atoms with Crippen molar-refractivity contribution in [2.75, 3.05) is 10.6 Å². The molecular weight excluding hydrogens is 300 g/mol. The fourth-order valence-electron chi connectivity index (χ4n) is 2.55. The normalized spacial score (nSPS) is 10.5. The monoisotopic (exact) mass is 324 g/mol. The standard InChI is InChI=1S/C20H24N2O2/c1-13(2)16-5-7-17(8-6-16)21-19(23)12-20(24)22-18-10-14(3)9-15(4)11-18/h5-11,13H,12H2,1-4H3,(H,21,23)(H,22,24). The minimum atomic E-state index is -0.325. The van der Waals surface area contributed by atoms with E-state index in [2.05, 4.69) is 24.5 Å². The molecule has 24 heavy (non-hydrogen) atoms. The van der Waals surface area contributed by atoms with E-state index in [9.17, 15) is 9.59 Å². The first-order valence-electron chi connectivity index (χ1n) is 8.11. The van der Waals surface area contributed by atoms with Crippen LogP contribution in [0.25, 0.3) is 0 Å². The molecule has 4 heteroatoms. The third-order valence-corrected chi connectivity index (χ3v) is 3.69. The lowest BCUT2D eigenvalue weighted by Crippen LogP contribution is -2.21. The Kier molecular flexibility index (Phi) is 5.74. The lowest BCUT2D eigenvalue weighted by molar-refractivity contribution is -0.123. The van der Waals surface area contributed by atoms with E-state index in [0.29, 0.717) is 17.3 Å². The van der Waals surface area contributed by atoms with Crippen molar-refractivity contribution in [1.29, 1.82) is 0 Å². The Balaban J connectivity index is 1.90. The molecule has 2 N–H and O–H groups in total. The highest BCUT2D eigenvalue weighted by Gasteiger charge is 2.10. The third-order valence-electron chi connectivity index (χ3n) is 3.69. The minimum Gasteiger partial charge on any atom is -0.326 e. The second kappa shape index (κ2) is 7.77. The van der Waals surface area contributed by atoms with E-state index >= 15 is 0 Å². The number of carbonyl (C=O) groups excluding carboxylic acids is 2. The van der Waals surface area contributed by atoms with E-state index in [1.54, 1.807) is 0 Å². The molecule has 126 valence electrons. The molecule has 0 aliphatic heterocycles. The highest BCUT2D eigenvalue weighted by atomic mass is 16.2. The summed E-state index contributed by atoms with van der Waals surface area (Å²) in [6.45, 7) is 8.17. The molecular formula is C20H24N2O2. The molecule has 4 nitrogen and oxygen atoms in total. The molecule has 0 aliphatic rings. The number of nitrogens with one attached hydrogen (secondary N) is 2. The van der Waals surface area contributed by atoms with Crippen LogP contribution in [0.2, 0.25) is 0 Å². The first-order valence-corrected chi connectivity index (χ1v) is 8.11. The zero-order valence-corrected chi connectivity index (χ0v) is 14.6. The van der Waals surface area contributed by atoms with Crippen molar-refractivity contribution in [3.63, 3.8) is 0 Å². The van der Waals surface area contributed by atoms with Gasteiger partial charge in [-0.1, -0.05) is 32.0 Å². The molecule has 0 bridgehead atoms. The van der Waals surface area contributed by atoms with Gasteiger partial charge in [-0.05, 0) is 60.7 Å². The van der Waals surface area contributed by atoms with Crippen molar-refractivity contribution in [3.8, 4) is 0 Å². The predicted molar refractivity (Wildman–Crippen MR) is 98.3 cm³/mol. The topological polar surface area (TPSA) is 58.2 Å². The van der Waals surface area contributed by atoms with E-state index in [4.69, 9.17) is 0 Å². The molecule has 2 aromatic rings. The Morgan fingerprint density at radius 2 is 1.33 bits per heavy atom. The first-order chi connectivity index (χ1) is 11.3. The van der Waals surface area contributed by atoms with Crippen LogP contribution < -0.4 is 10.6 Å². The maximum absolute atomic E-state index is 12.0. The Labute approximate surface area is 143 Å². The summed E-state index contributed by atoms with van der Waals surface area (Å²) in [6.07, 6.45) is -0.209. The van der Waals surface area contributed by atoms with Crippen LogP contribution in [0.4, 0.5) is 11.4 Å². The van der Waals surface area contributed by atoms with Gasteiger partial charge in [0.15, 0.2) is 0 Å². The van der Waals surface area contributed by atoms with E-state index < -0.39 is 0 Å². The summed E-state index contributed by atoms with van der Waals surface area (Å²) in [5.74, 6) is -0.205. The average molecular weight is 324 g/mol. The van der Waals surface area contributed by atoms with Crippen molar-refractivity contribution in [2.24, 2.45) is 0 Å². The second-order valence-electron chi connectivity index (χ2n) is 6.43. The van der Waals surface area contributed by atoms with Gasteiger partial charge in [0.25, 0.3) is 0 Å². The number of hydrogen-bond donors (Lipinski definition) is 2. The number of rotatable bonds is 5. The molecule has 0 aromatic heterocycles. The maximum atomic E-state index is 12.0. The summed E-state index contributed by atoms with van der Waals surface area (Å²) >= 11 is 0. The number of carbonyl (C=O) groups is 2. The molecule has 0 saturated carbocycles. The molecule has 0 aliphatic carbocycles. The number of benzene rings is 2. The Morgan fingerprint density at radius 3 is 1.83 bits per heavy atom. The molecule has 2 amide bonds. The van der Waals surface area contributed by atoms with Gasteiger partial charge in [0.05, 0.1) is 0 Å². The van der Waals surface area contributed by atoms with Gasteiger partial charge in [-0.15, -0.1) is 0 Å². The Hall–Kier alpha value is -2.62. The number of anilines is 2. The highest BCUT2D eigenvalue weighted by molar-refractivity contribution is 6.08. The van der Waals surface area contributed by atoms with Gasteiger partial charge in [0, 0.05) is 11.4 Å². The molecule has 0 radical (unpaired) electrons. The van der Waals surface area contributed by atoms with Crippen molar-refractivity contribution in [3.05, 3.63) is 59.2 Å². The molecule has 2 rings (SSSR count). The van der Waals surface area contributed by atoms with Crippen LogP contribution in [-0.2, 0) is 9.59 Å². The van der Waals surface area contributed by atoms with Crippen molar-refractivity contribution in [1.82, 2.24) is 0 Å². The van der Waals surface area contributed by atoms with Gasteiger partial charge in [0.1, 0.15) is 6.42 Å². The highest BCUT2D eigenvalue weighted by Crippen LogP contribution is 2.17. The van der Waals surface area contributed by atoms with E-state index in [0.717, 1.165) is 11.1 Å². The molecule has 0 unspecified atom stereocenters. The molecule has 0 atom stereocenters. The molecule has 0 heterocycles. The summed E-state index contributed by atoms with van der Waals surface area (Å²) in [7, 11) is 0. The van der Waals surface area contributed by atoms with Crippen LogP contribution in [-0.4, -0.2) is 11.8 Å². The largest absolute Gasteiger partial charge is 0.326 e. The van der Waals surface area contributed by atoms with E-state index in [1.807, 2.05) is 56.3 Å². The quantitative estimate of drug-likeness (QED) is 0.801. The van der Waals surface area contributed by atoms with Gasteiger partial charge in [-0.3, -0.25) is 9.59 Å².